The molecule has 1 saturated carbocycles. The van der Waals surface area contributed by atoms with E-state index in [9.17, 15) is 0 Å². The normalized spacial score (nSPS) is 22.8. The predicted octanol–water partition coefficient (Wildman–Crippen LogP) is 2.33. The van der Waals surface area contributed by atoms with Crippen molar-refractivity contribution >= 4 is 11.4 Å². The van der Waals surface area contributed by atoms with Crippen LogP contribution in [0.1, 0.15) is 19.3 Å². The summed E-state index contributed by atoms with van der Waals surface area (Å²) in [6.07, 6.45) is 4.11. The van der Waals surface area contributed by atoms with Crippen LogP contribution in [0.4, 0.5) is 11.4 Å². The molecule has 0 radical (unpaired) electrons. The molecule has 1 atom stereocenters. The lowest BCUT2D eigenvalue weighted by molar-refractivity contribution is 0.515. The van der Waals surface area contributed by atoms with Gasteiger partial charge in [-0.05, 0) is 49.9 Å². The Bertz CT molecular complexity index is 426. The summed E-state index contributed by atoms with van der Waals surface area (Å²) in [5, 5.41) is 3.67. The molecular formula is C16H25N3. The van der Waals surface area contributed by atoms with Gasteiger partial charge in [-0.2, -0.15) is 0 Å². The van der Waals surface area contributed by atoms with Gasteiger partial charge in [0.25, 0.3) is 0 Å². The second-order valence-corrected chi connectivity index (χ2v) is 6.20. The maximum absolute atomic E-state index is 3.67. The van der Waals surface area contributed by atoms with Crippen LogP contribution in [0.25, 0.3) is 0 Å². The highest BCUT2D eigenvalue weighted by Crippen LogP contribution is 2.27. The monoisotopic (exact) mass is 259 g/mol. The van der Waals surface area contributed by atoms with Crippen LogP contribution in [0, 0.1) is 5.92 Å². The molecule has 0 bridgehead atoms. The Hall–Kier alpha value is -1.22. The van der Waals surface area contributed by atoms with Crippen LogP contribution in [0.2, 0.25) is 0 Å². The lowest BCUT2D eigenvalue weighted by Gasteiger charge is -2.21. The average molecular weight is 259 g/mol. The first-order chi connectivity index (χ1) is 9.22. The molecule has 104 valence electrons. The van der Waals surface area contributed by atoms with E-state index in [1.54, 1.807) is 0 Å². The van der Waals surface area contributed by atoms with Gasteiger partial charge in [0.15, 0.2) is 0 Å². The Morgan fingerprint density at radius 3 is 2.84 bits per heavy atom. The summed E-state index contributed by atoms with van der Waals surface area (Å²) < 4.78 is 0. The highest BCUT2D eigenvalue weighted by molar-refractivity contribution is 5.59. The highest BCUT2D eigenvalue weighted by atomic mass is 15.2. The van der Waals surface area contributed by atoms with Crippen LogP contribution >= 0.6 is 0 Å². The van der Waals surface area contributed by atoms with Crippen molar-refractivity contribution in [2.75, 3.05) is 43.5 Å². The molecule has 3 heteroatoms. The second kappa shape index (κ2) is 5.41. The number of rotatable bonds is 5. The molecular weight excluding hydrogens is 234 g/mol. The van der Waals surface area contributed by atoms with Crippen molar-refractivity contribution in [2.24, 2.45) is 5.92 Å². The third-order valence-corrected chi connectivity index (χ3v) is 4.27. The van der Waals surface area contributed by atoms with Gasteiger partial charge in [0.1, 0.15) is 0 Å². The van der Waals surface area contributed by atoms with Crippen molar-refractivity contribution in [1.29, 1.82) is 0 Å². The quantitative estimate of drug-likeness (QED) is 0.875. The largest absolute Gasteiger partial charge is 0.378 e. The summed E-state index contributed by atoms with van der Waals surface area (Å²) in [7, 11) is 4.21. The zero-order valence-corrected chi connectivity index (χ0v) is 12.1. The molecule has 1 saturated heterocycles. The number of hydrogen-bond acceptors (Lipinski definition) is 3. The minimum absolute atomic E-state index is 0.823. The average Bonchev–Trinajstić information content (AvgIpc) is 3.13. The summed E-state index contributed by atoms with van der Waals surface area (Å²) >= 11 is 0. The summed E-state index contributed by atoms with van der Waals surface area (Å²) in [6, 6.07) is 9.72. The van der Waals surface area contributed by atoms with E-state index in [-0.39, 0.29) is 0 Å². The molecule has 3 rings (SSSR count). The van der Waals surface area contributed by atoms with Crippen molar-refractivity contribution in [3.63, 3.8) is 0 Å². The molecule has 1 unspecified atom stereocenters. The fraction of sp³-hybridized carbons (Fsp3) is 0.625. The SMILES string of the molecule is CN(C)c1cccc(N2CCC(CNC3CC3)C2)c1. The van der Waals surface area contributed by atoms with Gasteiger partial charge in [-0.3, -0.25) is 0 Å². The van der Waals surface area contributed by atoms with E-state index in [1.165, 1.54) is 50.3 Å². The van der Waals surface area contributed by atoms with E-state index < -0.39 is 0 Å². The smallest absolute Gasteiger partial charge is 0.0387 e. The summed E-state index contributed by atoms with van der Waals surface area (Å²) in [5.74, 6) is 0.823. The summed E-state index contributed by atoms with van der Waals surface area (Å²) in [4.78, 5) is 4.71. The number of nitrogens with one attached hydrogen (secondary N) is 1. The minimum Gasteiger partial charge on any atom is -0.378 e. The molecule has 0 amide bonds. The van der Waals surface area contributed by atoms with Gasteiger partial charge in [-0.25, -0.2) is 0 Å². The Kier molecular flexibility index (Phi) is 3.65. The lowest BCUT2D eigenvalue weighted by Crippen LogP contribution is -2.27. The molecule has 2 fully saturated rings. The fourth-order valence-electron chi connectivity index (χ4n) is 2.82. The van der Waals surface area contributed by atoms with Gasteiger partial charge in [-0.1, -0.05) is 6.07 Å². The second-order valence-electron chi connectivity index (χ2n) is 6.20. The molecule has 1 heterocycles. The zero-order valence-electron chi connectivity index (χ0n) is 12.1. The van der Waals surface area contributed by atoms with Gasteiger partial charge in [-0.15, -0.1) is 0 Å². The first-order valence-electron chi connectivity index (χ1n) is 7.48. The minimum atomic E-state index is 0.823. The summed E-state index contributed by atoms with van der Waals surface area (Å²) in [6.45, 7) is 3.61. The maximum atomic E-state index is 3.67. The molecule has 1 N–H and O–H groups in total. The van der Waals surface area contributed by atoms with E-state index in [4.69, 9.17) is 0 Å². The maximum Gasteiger partial charge on any atom is 0.0387 e. The lowest BCUT2D eigenvalue weighted by atomic mass is 10.1. The van der Waals surface area contributed by atoms with E-state index in [0.29, 0.717) is 0 Å². The van der Waals surface area contributed by atoms with E-state index in [1.807, 2.05) is 0 Å². The van der Waals surface area contributed by atoms with Gasteiger partial charge in [0.05, 0.1) is 0 Å². The van der Waals surface area contributed by atoms with Crippen LogP contribution in [0.15, 0.2) is 24.3 Å². The molecule has 1 aromatic rings. The fourth-order valence-corrected chi connectivity index (χ4v) is 2.82. The van der Waals surface area contributed by atoms with Crippen LogP contribution < -0.4 is 15.1 Å². The standard InChI is InChI=1S/C16H25N3/c1-18(2)15-4-3-5-16(10-15)19-9-8-13(12-19)11-17-14-6-7-14/h3-5,10,13-14,17H,6-9,11-12H2,1-2H3. The number of anilines is 2. The van der Waals surface area contributed by atoms with E-state index >= 15 is 0 Å². The summed E-state index contributed by atoms with van der Waals surface area (Å²) in [5.41, 5.74) is 2.66. The van der Waals surface area contributed by atoms with Crippen molar-refractivity contribution in [1.82, 2.24) is 5.32 Å². The molecule has 0 spiro atoms. The molecule has 3 nitrogen and oxygen atoms in total. The Morgan fingerprint density at radius 1 is 1.26 bits per heavy atom. The molecule has 1 aromatic carbocycles. The van der Waals surface area contributed by atoms with Crippen molar-refractivity contribution < 1.29 is 0 Å². The van der Waals surface area contributed by atoms with Crippen molar-refractivity contribution in [3.8, 4) is 0 Å². The van der Waals surface area contributed by atoms with Gasteiger partial charge in [0.2, 0.25) is 0 Å². The molecule has 0 aromatic heterocycles. The third kappa shape index (κ3) is 3.21. The van der Waals surface area contributed by atoms with Crippen LogP contribution in [-0.4, -0.2) is 39.8 Å². The number of hydrogen-bond donors (Lipinski definition) is 1. The Balaban J connectivity index is 1.58. The topological polar surface area (TPSA) is 18.5 Å². The predicted molar refractivity (Wildman–Crippen MR) is 82.1 cm³/mol. The Morgan fingerprint density at radius 2 is 2.11 bits per heavy atom. The van der Waals surface area contributed by atoms with Gasteiger partial charge in [0, 0.05) is 44.6 Å². The van der Waals surface area contributed by atoms with Crippen LogP contribution in [-0.2, 0) is 0 Å². The molecule has 19 heavy (non-hydrogen) atoms. The Labute approximate surface area is 116 Å². The molecule has 1 aliphatic heterocycles. The van der Waals surface area contributed by atoms with Gasteiger partial charge < -0.3 is 15.1 Å². The third-order valence-electron chi connectivity index (χ3n) is 4.27. The number of benzene rings is 1. The van der Waals surface area contributed by atoms with Gasteiger partial charge >= 0.3 is 0 Å². The van der Waals surface area contributed by atoms with Crippen molar-refractivity contribution in [3.05, 3.63) is 24.3 Å². The first-order valence-corrected chi connectivity index (χ1v) is 7.48. The molecule has 1 aliphatic carbocycles. The zero-order chi connectivity index (χ0) is 13.2. The van der Waals surface area contributed by atoms with Crippen molar-refractivity contribution in [2.45, 2.75) is 25.3 Å². The first kappa shape index (κ1) is 12.8. The number of nitrogens with zero attached hydrogens (tertiary/aromatic N) is 2. The van der Waals surface area contributed by atoms with E-state index in [0.717, 1.165) is 12.0 Å². The molecule has 2 aliphatic rings. The van der Waals surface area contributed by atoms with Crippen LogP contribution in [0.5, 0.6) is 0 Å². The van der Waals surface area contributed by atoms with Crippen LogP contribution in [0.3, 0.4) is 0 Å². The van der Waals surface area contributed by atoms with E-state index in [2.05, 4.69) is 53.5 Å². The highest BCUT2D eigenvalue weighted by Gasteiger charge is 2.26.